The Morgan fingerprint density at radius 1 is 1.18 bits per heavy atom. The molecule has 0 spiro atoms. The van der Waals surface area contributed by atoms with E-state index in [0.29, 0.717) is 32.2 Å². The lowest BCUT2D eigenvalue weighted by atomic mass is 9.96. The van der Waals surface area contributed by atoms with E-state index in [1.807, 2.05) is 17.0 Å². The Morgan fingerprint density at radius 2 is 2.03 bits per heavy atom. The van der Waals surface area contributed by atoms with E-state index in [0.717, 1.165) is 68.6 Å². The molecule has 0 N–H and O–H groups in total. The number of ether oxygens (including phenoxy) is 2. The van der Waals surface area contributed by atoms with Gasteiger partial charge in [-0.1, -0.05) is 11.2 Å². The molecule has 3 aliphatic rings. The molecule has 2 aromatic heterocycles. The number of rotatable bonds is 6. The molecule has 1 unspecified atom stereocenters. The topological polar surface area (TPSA) is 98.0 Å². The Morgan fingerprint density at radius 3 is 2.85 bits per heavy atom. The molecule has 5 rings (SSSR count). The van der Waals surface area contributed by atoms with E-state index >= 15 is 0 Å². The highest BCUT2D eigenvalue weighted by atomic mass is 16.5. The molecular weight excluding hydrogens is 436 g/mol. The van der Waals surface area contributed by atoms with Gasteiger partial charge in [0.1, 0.15) is 6.54 Å². The van der Waals surface area contributed by atoms with Gasteiger partial charge in [0.05, 0.1) is 18.4 Å². The summed E-state index contributed by atoms with van der Waals surface area (Å²) in [5.41, 5.74) is 2.73. The molecule has 2 fully saturated rings. The van der Waals surface area contributed by atoms with E-state index in [1.165, 1.54) is 0 Å². The first-order chi connectivity index (χ1) is 16.7. The van der Waals surface area contributed by atoms with Gasteiger partial charge in [0.15, 0.2) is 0 Å². The van der Waals surface area contributed by atoms with Gasteiger partial charge in [0, 0.05) is 50.8 Å². The molecule has 1 atom stereocenters. The summed E-state index contributed by atoms with van der Waals surface area (Å²) in [4.78, 5) is 34.4. The fourth-order valence-electron chi connectivity index (χ4n) is 5.06. The smallest absolute Gasteiger partial charge is 0.293 e. The highest BCUT2D eigenvalue weighted by molar-refractivity contribution is 5.95. The van der Waals surface area contributed by atoms with Crippen LogP contribution in [0.3, 0.4) is 0 Å². The maximum atomic E-state index is 13.5. The average molecular weight is 469 g/mol. The van der Waals surface area contributed by atoms with Crippen LogP contribution in [0, 0.1) is 5.92 Å². The minimum atomic E-state index is -0.311. The van der Waals surface area contributed by atoms with Crippen LogP contribution in [0.1, 0.15) is 53.1 Å². The van der Waals surface area contributed by atoms with Crippen molar-refractivity contribution in [2.24, 2.45) is 5.92 Å². The van der Waals surface area contributed by atoms with E-state index in [9.17, 15) is 9.59 Å². The number of aromatic nitrogens is 2. The molecule has 0 saturated carbocycles. The molecule has 0 aromatic carbocycles. The average Bonchev–Trinajstić information content (AvgIpc) is 3.24. The van der Waals surface area contributed by atoms with Crippen LogP contribution < -0.4 is 0 Å². The number of nitrogens with zero attached hydrogens (tertiary/aromatic N) is 4. The highest BCUT2D eigenvalue weighted by Crippen LogP contribution is 2.26. The fraction of sp³-hybridized carbons (Fsp3) is 0.600. The zero-order valence-electron chi connectivity index (χ0n) is 19.5. The SMILES string of the molecule is O=C1CN(C(=O)c2onc3c2CCCC3)CC(OCc2cccnc2)CN1CC1CCOCC1. The van der Waals surface area contributed by atoms with Crippen LogP contribution in [-0.2, 0) is 33.7 Å². The van der Waals surface area contributed by atoms with E-state index in [-0.39, 0.29) is 30.2 Å². The third-order valence-electron chi connectivity index (χ3n) is 7.00. The second-order valence-corrected chi connectivity index (χ2v) is 9.48. The molecule has 2 aromatic rings. The standard InChI is InChI=1S/C25H32N4O5/c30-23-16-29(25(31)24-21-5-1-2-6-22(21)27-34-24)15-20(33-17-19-4-3-9-26-12-19)14-28(23)13-18-7-10-32-11-8-18/h3-4,9,12,18,20H,1-2,5-8,10-11,13-17H2. The summed E-state index contributed by atoms with van der Waals surface area (Å²) in [6.07, 6.45) is 8.76. The van der Waals surface area contributed by atoms with E-state index in [4.69, 9.17) is 14.0 Å². The highest BCUT2D eigenvalue weighted by Gasteiger charge is 2.35. The number of aryl methyl sites for hydroxylation is 1. The van der Waals surface area contributed by atoms with Gasteiger partial charge in [-0.25, -0.2) is 0 Å². The van der Waals surface area contributed by atoms with Crippen LogP contribution in [0.2, 0.25) is 0 Å². The summed E-state index contributed by atoms with van der Waals surface area (Å²) in [5.74, 6) is 0.360. The van der Waals surface area contributed by atoms with Crippen molar-refractivity contribution in [3.63, 3.8) is 0 Å². The maximum absolute atomic E-state index is 13.5. The van der Waals surface area contributed by atoms with Crippen LogP contribution in [-0.4, -0.2) is 77.3 Å². The summed E-state index contributed by atoms with van der Waals surface area (Å²) in [6.45, 7) is 3.29. The second kappa shape index (κ2) is 10.7. The lowest BCUT2D eigenvalue weighted by Crippen LogP contribution is -2.42. The van der Waals surface area contributed by atoms with Crippen molar-refractivity contribution in [1.29, 1.82) is 0 Å². The largest absolute Gasteiger partial charge is 0.381 e. The van der Waals surface area contributed by atoms with Crippen molar-refractivity contribution in [2.45, 2.75) is 51.2 Å². The second-order valence-electron chi connectivity index (χ2n) is 9.48. The third kappa shape index (κ3) is 5.31. The maximum Gasteiger partial charge on any atom is 0.293 e. The molecular formula is C25H32N4O5. The molecule has 9 nitrogen and oxygen atoms in total. The zero-order valence-corrected chi connectivity index (χ0v) is 19.5. The Balaban J connectivity index is 1.33. The monoisotopic (exact) mass is 468 g/mol. The molecule has 0 radical (unpaired) electrons. The number of carbonyl (C=O) groups is 2. The molecule has 9 heteroatoms. The fourth-order valence-corrected chi connectivity index (χ4v) is 5.06. The molecule has 2 amide bonds. The summed E-state index contributed by atoms with van der Waals surface area (Å²) in [7, 11) is 0. The normalized spacial score (nSPS) is 21.9. The number of fused-ring (bicyclic) bond motifs is 1. The van der Waals surface area contributed by atoms with E-state index < -0.39 is 0 Å². The zero-order chi connectivity index (χ0) is 23.3. The minimum absolute atomic E-state index is 0.0181. The van der Waals surface area contributed by atoms with Crippen molar-refractivity contribution in [1.82, 2.24) is 19.9 Å². The van der Waals surface area contributed by atoms with Crippen molar-refractivity contribution in [2.75, 3.05) is 39.4 Å². The Labute approximate surface area is 199 Å². The molecule has 2 saturated heterocycles. The lowest BCUT2D eigenvalue weighted by Gasteiger charge is -2.30. The van der Waals surface area contributed by atoms with Crippen molar-refractivity contribution in [3.8, 4) is 0 Å². The predicted molar refractivity (Wildman–Crippen MR) is 122 cm³/mol. The number of amides is 2. The Bertz CT molecular complexity index is 988. The lowest BCUT2D eigenvalue weighted by molar-refractivity contribution is -0.132. The van der Waals surface area contributed by atoms with Crippen LogP contribution >= 0.6 is 0 Å². The van der Waals surface area contributed by atoms with E-state index in [1.54, 1.807) is 17.3 Å². The quantitative estimate of drug-likeness (QED) is 0.641. The number of pyridine rings is 1. The van der Waals surface area contributed by atoms with Gasteiger partial charge in [-0.3, -0.25) is 14.6 Å². The van der Waals surface area contributed by atoms with Gasteiger partial charge in [-0.15, -0.1) is 0 Å². The third-order valence-corrected chi connectivity index (χ3v) is 7.00. The van der Waals surface area contributed by atoms with Gasteiger partial charge < -0.3 is 23.8 Å². The van der Waals surface area contributed by atoms with Crippen molar-refractivity contribution < 1.29 is 23.6 Å². The molecule has 2 aliphatic heterocycles. The summed E-state index contributed by atoms with van der Waals surface area (Å²) < 4.78 is 17.2. The summed E-state index contributed by atoms with van der Waals surface area (Å²) in [5, 5.41) is 4.13. The molecule has 34 heavy (non-hydrogen) atoms. The van der Waals surface area contributed by atoms with Gasteiger partial charge in [0.25, 0.3) is 5.91 Å². The van der Waals surface area contributed by atoms with Crippen LogP contribution in [0.4, 0.5) is 0 Å². The minimum Gasteiger partial charge on any atom is -0.381 e. The first kappa shape index (κ1) is 23.0. The molecule has 1 aliphatic carbocycles. The van der Waals surface area contributed by atoms with Crippen LogP contribution in [0.25, 0.3) is 0 Å². The van der Waals surface area contributed by atoms with Gasteiger partial charge in [0.2, 0.25) is 11.7 Å². The Kier molecular flexibility index (Phi) is 7.20. The predicted octanol–water partition coefficient (Wildman–Crippen LogP) is 2.24. The summed E-state index contributed by atoms with van der Waals surface area (Å²) >= 11 is 0. The number of hydrogen-bond acceptors (Lipinski definition) is 7. The first-order valence-corrected chi connectivity index (χ1v) is 12.3. The number of hydrogen-bond donors (Lipinski definition) is 0. The number of carbonyl (C=O) groups excluding carboxylic acids is 2. The molecule has 0 bridgehead atoms. The van der Waals surface area contributed by atoms with Gasteiger partial charge in [-0.2, -0.15) is 0 Å². The van der Waals surface area contributed by atoms with Gasteiger partial charge >= 0.3 is 0 Å². The Hall–Kier alpha value is -2.78. The van der Waals surface area contributed by atoms with Gasteiger partial charge in [-0.05, 0) is 56.1 Å². The first-order valence-electron chi connectivity index (χ1n) is 12.3. The van der Waals surface area contributed by atoms with E-state index in [2.05, 4.69) is 10.1 Å². The van der Waals surface area contributed by atoms with Crippen LogP contribution in [0.5, 0.6) is 0 Å². The van der Waals surface area contributed by atoms with Crippen molar-refractivity contribution >= 4 is 11.8 Å². The van der Waals surface area contributed by atoms with Crippen molar-refractivity contribution in [3.05, 3.63) is 47.1 Å². The molecule has 182 valence electrons. The molecule has 4 heterocycles. The summed E-state index contributed by atoms with van der Waals surface area (Å²) in [6, 6.07) is 3.83. The van der Waals surface area contributed by atoms with Crippen LogP contribution in [0.15, 0.2) is 29.0 Å².